The number of hydrogen-bond donors (Lipinski definition) is 0. The van der Waals surface area contributed by atoms with Crippen molar-refractivity contribution in [3.8, 4) is 5.75 Å². The van der Waals surface area contributed by atoms with E-state index in [4.69, 9.17) is 14.2 Å². The largest absolute Gasteiger partial charge is 0.497 e. The smallest absolute Gasteiger partial charge is 0.309 e. The van der Waals surface area contributed by atoms with Crippen LogP contribution in [0.15, 0.2) is 35.9 Å². The number of carbonyl (C=O) groups excluding carboxylic acids is 2. The van der Waals surface area contributed by atoms with Crippen LogP contribution in [-0.2, 0) is 19.1 Å². The maximum absolute atomic E-state index is 13.9. The van der Waals surface area contributed by atoms with Crippen LogP contribution < -0.4 is 4.74 Å². The molecule has 5 nitrogen and oxygen atoms in total. The summed E-state index contributed by atoms with van der Waals surface area (Å²) in [7, 11) is 1.70. The second-order valence-corrected chi connectivity index (χ2v) is 14.0. The van der Waals surface area contributed by atoms with Gasteiger partial charge in [-0.1, -0.05) is 44.1 Å². The van der Waals surface area contributed by atoms with E-state index < -0.39 is 0 Å². The number of benzene rings is 1. The van der Waals surface area contributed by atoms with Crippen molar-refractivity contribution in [1.29, 1.82) is 0 Å². The molecule has 6 rings (SSSR count). The van der Waals surface area contributed by atoms with E-state index in [1.807, 2.05) is 12.1 Å². The first kappa shape index (κ1) is 27.8. The van der Waals surface area contributed by atoms with E-state index in [1.165, 1.54) is 30.9 Å². The average molecular weight is 549 g/mol. The number of hydrogen-bond acceptors (Lipinski definition) is 5. The van der Waals surface area contributed by atoms with Crippen molar-refractivity contribution >= 4 is 11.9 Å². The fourth-order valence-electron chi connectivity index (χ4n) is 10.1. The highest BCUT2D eigenvalue weighted by Crippen LogP contribution is 2.66. The monoisotopic (exact) mass is 548 g/mol. The predicted octanol–water partition coefficient (Wildman–Crippen LogP) is 7.78. The highest BCUT2D eigenvalue weighted by Gasteiger charge is 2.60. The van der Waals surface area contributed by atoms with Gasteiger partial charge in [-0.25, -0.2) is 0 Å². The van der Waals surface area contributed by atoms with Crippen LogP contribution in [-0.4, -0.2) is 31.3 Å². The van der Waals surface area contributed by atoms with E-state index in [-0.39, 0.29) is 46.8 Å². The van der Waals surface area contributed by atoms with E-state index in [2.05, 4.69) is 32.1 Å². The molecule has 0 heterocycles. The minimum atomic E-state index is -0.163. The summed E-state index contributed by atoms with van der Waals surface area (Å²) in [5, 5.41) is 0. The summed E-state index contributed by atoms with van der Waals surface area (Å²) < 4.78 is 17.5. The van der Waals surface area contributed by atoms with Gasteiger partial charge in [-0.3, -0.25) is 9.59 Å². The Hall–Kier alpha value is -2.30. The van der Waals surface area contributed by atoms with E-state index >= 15 is 0 Å². The molecule has 0 amide bonds. The molecule has 4 saturated carbocycles. The third-order valence-corrected chi connectivity index (χ3v) is 12.2. The highest BCUT2D eigenvalue weighted by atomic mass is 16.5. The lowest BCUT2D eigenvalue weighted by atomic mass is 9.47. The molecular weight excluding hydrogens is 500 g/mol. The molecule has 5 aliphatic carbocycles. The SMILES string of the molecule is COc1ccc([C@@H]2CCCC[C@@H]2OC(=O)[C@H]2CC[C@H]3[C@@H]4CC=C5C[C@@H](OC(C)=O)CC[C@]5(C)[C@H]4CC[C@]23C)cc1. The molecule has 5 aliphatic rings. The fraction of sp³-hybridized carbons (Fsp3) is 0.714. The Labute approximate surface area is 240 Å². The van der Waals surface area contributed by atoms with Crippen molar-refractivity contribution in [1.82, 2.24) is 0 Å². The summed E-state index contributed by atoms with van der Waals surface area (Å²) in [4.78, 5) is 25.5. The van der Waals surface area contributed by atoms with Gasteiger partial charge >= 0.3 is 11.9 Å². The first-order valence-electron chi connectivity index (χ1n) is 15.9. The molecule has 5 heteroatoms. The molecule has 40 heavy (non-hydrogen) atoms. The normalized spacial score (nSPS) is 40.6. The topological polar surface area (TPSA) is 61.8 Å². The van der Waals surface area contributed by atoms with Crippen LogP contribution in [0, 0.1) is 34.5 Å². The Bertz CT molecular complexity index is 1140. The van der Waals surface area contributed by atoms with Gasteiger partial charge in [-0.2, -0.15) is 0 Å². The maximum Gasteiger partial charge on any atom is 0.309 e. The summed E-state index contributed by atoms with van der Waals surface area (Å²) in [5.41, 5.74) is 3.01. The number of rotatable bonds is 5. The molecule has 0 radical (unpaired) electrons. The quantitative estimate of drug-likeness (QED) is 0.278. The molecule has 1 aromatic carbocycles. The Morgan fingerprint density at radius 1 is 0.875 bits per heavy atom. The van der Waals surface area contributed by atoms with E-state index in [0.29, 0.717) is 17.8 Å². The molecule has 1 aromatic rings. The maximum atomic E-state index is 13.9. The van der Waals surface area contributed by atoms with Crippen molar-refractivity contribution in [2.75, 3.05) is 7.11 Å². The standard InChI is InChI=1S/C35H48O5/c1-22(36)39-26-17-19-34(2)24(21-26)11-14-28-29-15-16-31(35(29,3)20-18-30(28)34)33(37)40-32-8-6-5-7-27(32)23-9-12-25(38-4)13-10-23/h9-13,26-32H,5-8,14-21H2,1-4H3/t26-,27-,28-,29-,30-,31+,32-,34-,35-/m0/s1. The van der Waals surface area contributed by atoms with Gasteiger partial charge in [0.05, 0.1) is 13.0 Å². The van der Waals surface area contributed by atoms with Gasteiger partial charge in [-0.05, 0) is 110 Å². The molecule has 0 spiro atoms. The first-order chi connectivity index (χ1) is 19.2. The molecule has 0 aromatic heterocycles. The van der Waals surface area contributed by atoms with E-state index in [1.54, 1.807) is 7.11 Å². The molecule has 0 bridgehead atoms. The van der Waals surface area contributed by atoms with Gasteiger partial charge in [-0.15, -0.1) is 0 Å². The predicted molar refractivity (Wildman–Crippen MR) is 155 cm³/mol. The van der Waals surface area contributed by atoms with Crippen molar-refractivity contribution in [3.05, 3.63) is 41.5 Å². The van der Waals surface area contributed by atoms with Crippen molar-refractivity contribution < 1.29 is 23.8 Å². The zero-order valence-electron chi connectivity index (χ0n) is 25.0. The Balaban J connectivity index is 1.16. The molecule has 4 fully saturated rings. The number of fused-ring (bicyclic) bond motifs is 5. The summed E-state index contributed by atoms with van der Waals surface area (Å²) >= 11 is 0. The van der Waals surface area contributed by atoms with Crippen molar-refractivity contribution in [2.24, 2.45) is 34.5 Å². The third-order valence-electron chi connectivity index (χ3n) is 12.2. The lowest BCUT2D eigenvalue weighted by Gasteiger charge is -2.58. The van der Waals surface area contributed by atoms with E-state index in [0.717, 1.165) is 70.0 Å². The van der Waals surface area contributed by atoms with Crippen LogP contribution >= 0.6 is 0 Å². The lowest BCUT2D eigenvalue weighted by Crippen LogP contribution is -2.51. The summed E-state index contributed by atoms with van der Waals surface area (Å²) in [6.45, 7) is 6.41. The van der Waals surface area contributed by atoms with Crippen LogP contribution in [0.4, 0.5) is 0 Å². The zero-order chi connectivity index (χ0) is 28.1. The summed E-state index contributed by atoms with van der Waals surface area (Å²) in [6.07, 6.45) is 15.3. The zero-order valence-corrected chi connectivity index (χ0v) is 25.0. The van der Waals surface area contributed by atoms with E-state index in [9.17, 15) is 9.59 Å². The van der Waals surface area contributed by atoms with Crippen LogP contribution in [0.3, 0.4) is 0 Å². The molecule has 0 N–H and O–H groups in total. The average Bonchev–Trinajstić information content (AvgIpc) is 3.31. The Kier molecular flexibility index (Phi) is 7.54. The highest BCUT2D eigenvalue weighted by molar-refractivity contribution is 5.74. The van der Waals surface area contributed by atoms with Crippen molar-refractivity contribution in [3.63, 3.8) is 0 Å². The van der Waals surface area contributed by atoms with Gasteiger partial charge in [0, 0.05) is 19.3 Å². The van der Waals surface area contributed by atoms with Crippen LogP contribution in [0.5, 0.6) is 5.75 Å². The van der Waals surface area contributed by atoms with Crippen LogP contribution in [0.25, 0.3) is 0 Å². The number of esters is 2. The number of ether oxygens (including phenoxy) is 3. The molecule has 0 saturated heterocycles. The van der Waals surface area contributed by atoms with Gasteiger partial charge in [0.2, 0.25) is 0 Å². The molecule has 9 atom stereocenters. The molecular formula is C35H48O5. The number of carbonyl (C=O) groups is 2. The second kappa shape index (κ2) is 10.8. The fourth-order valence-corrected chi connectivity index (χ4v) is 10.1. The summed E-state index contributed by atoms with van der Waals surface area (Å²) in [6, 6.07) is 8.35. The second-order valence-electron chi connectivity index (χ2n) is 14.0. The van der Waals surface area contributed by atoms with Gasteiger partial charge < -0.3 is 14.2 Å². The summed E-state index contributed by atoms with van der Waals surface area (Å²) in [5.74, 6) is 2.92. The molecule has 0 unspecified atom stereocenters. The first-order valence-corrected chi connectivity index (χ1v) is 15.9. The number of allylic oxidation sites excluding steroid dienone is 1. The van der Waals surface area contributed by atoms with Crippen LogP contribution in [0.2, 0.25) is 0 Å². The number of methoxy groups -OCH3 is 1. The van der Waals surface area contributed by atoms with Gasteiger partial charge in [0.1, 0.15) is 18.0 Å². The lowest BCUT2D eigenvalue weighted by molar-refractivity contribution is -0.164. The van der Waals surface area contributed by atoms with Crippen LogP contribution in [0.1, 0.15) is 109 Å². The third kappa shape index (κ3) is 4.79. The molecule has 218 valence electrons. The minimum Gasteiger partial charge on any atom is -0.497 e. The molecule has 0 aliphatic heterocycles. The van der Waals surface area contributed by atoms with Crippen molar-refractivity contribution in [2.45, 2.75) is 116 Å². The minimum absolute atomic E-state index is 0.00906. The Morgan fingerprint density at radius 2 is 1.65 bits per heavy atom. The Morgan fingerprint density at radius 3 is 2.40 bits per heavy atom. The van der Waals surface area contributed by atoms with Gasteiger partial charge in [0.15, 0.2) is 0 Å². The van der Waals surface area contributed by atoms with Gasteiger partial charge in [0.25, 0.3) is 0 Å².